The molecular weight excluding hydrogens is 420 g/mol. The van der Waals surface area contributed by atoms with Gasteiger partial charge in [0.25, 0.3) is 0 Å². The van der Waals surface area contributed by atoms with Crippen molar-refractivity contribution in [1.29, 1.82) is 0 Å². The number of para-hydroxylation sites is 2. The molecule has 1 saturated heterocycles. The molecule has 31 heavy (non-hydrogen) atoms. The zero-order valence-corrected chi connectivity index (χ0v) is 18.8. The fourth-order valence-corrected chi connectivity index (χ4v) is 5.57. The van der Waals surface area contributed by atoms with Crippen LogP contribution in [-0.2, 0) is 12.8 Å². The summed E-state index contributed by atoms with van der Waals surface area (Å²) in [7, 11) is 0. The molecule has 1 aromatic heterocycles. The van der Waals surface area contributed by atoms with Gasteiger partial charge in [0, 0.05) is 18.3 Å². The molecule has 5 rings (SSSR count). The molecule has 0 unspecified atom stereocenters. The SMILES string of the molecule is c1ccc(C[C@H]2CS/C(=N/c3ccccc3CCNc3nc4ccccc4s3)N2)cc1. The van der Waals surface area contributed by atoms with E-state index in [0.29, 0.717) is 6.04 Å². The molecule has 156 valence electrons. The Labute approximate surface area is 190 Å². The largest absolute Gasteiger partial charge is 0.361 e. The first-order chi connectivity index (χ1) is 15.3. The monoisotopic (exact) mass is 444 g/mol. The van der Waals surface area contributed by atoms with E-state index in [4.69, 9.17) is 4.99 Å². The number of hydrogen-bond donors (Lipinski definition) is 2. The predicted molar refractivity (Wildman–Crippen MR) is 135 cm³/mol. The first-order valence-electron chi connectivity index (χ1n) is 10.5. The standard InChI is InChI=1S/C25H24N4S2/c1-2-8-18(9-3-1)16-20-17-30-25(27-20)28-21-11-5-4-10-19(21)14-15-26-24-29-22-12-6-7-13-23(22)31-24/h1-13,20H,14-17H2,(H,26,29)(H,27,28)/t20-/m0/s1. The lowest BCUT2D eigenvalue weighted by molar-refractivity contribution is 0.688. The minimum atomic E-state index is 0.430. The molecular formula is C25H24N4S2. The van der Waals surface area contributed by atoms with E-state index < -0.39 is 0 Å². The Morgan fingerprint density at radius 3 is 2.68 bits per heavy atom. The Balaban J connectivity index is 1.21. The van der Waals surface area contributed by atoms with Crippen molar-refractivity contribution in [2.24, 2.45) is 4.99 Å². The molecule has 1 atom stereocenters. The topological polar surface area (TPSA) is 49.3 Å². The minimum Gasteiger partial charge on any atom is -0.361 e. The summed E-state index contributed by atoms with van der Waals surface area (Å²) in [6.45, 7) is 0.832. The van der Waals surface area contributed by atoms with Crippen LogP contribution in [0.4, 0.5) is 10.8 Å². The van der Waals surface area contributed by atoms with Crippen molar-refractivity contribution in [2.75, 3.05) is 17.6 Å². The fourth-order valence-electron chi connectivity index (χ4n) is 3.70. The van der Waals surface area contributed by atoms with Gasteiger partial charge >= 0.3 is 0 Å². The molecule has 0 aliphatic carbocycles. The van der Waals surface area contributed by atoms with Gasteiger partial charge in [0.1, 0.15) is 0 Å². The molecule has 0 amide bonds. The lowest BCUT2D eigenvalue weighted by Gasteiger charge is -2.10. The van der Waals surface area contributed by atoms with Gasteiger partial charge in [-0.15, -0.1) is 0 Å². The Kier molecular flexibility index (Phi) is 6.18. The van der Waals surface area contributed by atoms with Crippen molar-refractivity contribution >= 4 is 49.3 Å². The van der Waals surface area contributed by atoms with Crippen molar-refractivity contribution in [2.45, 2.75) is 18.9 Å². The zero-order chi connectivity index (χ0) is 20.9. The van der Waals surface area contributed by atoms with Crippen molar-refractivity contribution < 1.29 is 0 Å². The second kappa shape index (κ2) is 9.54. The molecule has 3 aromatic carbocycles. The van der Waals surface area contributed by atoms with Gasteiger partial charge in [-0.25, -0.2) is 9.98 Å². The van der Waals surface area contributed by atoms with Crippen LogP contribution in [0, 0.1) is 0 Å². The van der Waals surface area contributed by atoms with Crippen LogP contribution < -0.4 is 10.6 Å². The van der Waals surface area contributed by atoms with Gasteiger partial charge in [-0.3, -0.25) is 0 Å². The van der Waals surface area contributed by atoms with E-state index in [0.717, 1.165) is 46.6 Å². The van der Waals surface area contributed by atoms with Crippen molar-refractivity contribution in [3.05, 3.63) is 90.0 Å². The van der Waals surface area contributed by atoms with Crippen LogP contribution in [0.1, 0.15) is 11.1 Å². The number of nitrogens with zero attached hydrogens (tertiary/aromatic N) is 2. The molecule has 0 radical (unpaired) electrons. The third-order valence-electron chi connectivity index (χ3n) is 5.25. The van der Waals surface area contributed by atoms with Gasteiger partial charge in [-0.1, -0.05) is 83.8 Å². The van der Waals surface area contributed by atoms with Gasteiger partial charge in [0.15, 0.2) is 10.3 Å². The van der Waals surface area contributed by atoms with Crippen LogP contribution in [0.2, 0.25) is 0 Å². The van der Waals surface area contributed by atoms with Crippen molar-refractivity contribution in [3.63, 3.8) is 0 Å². The number of aromatic nitrogens is 1. The molecule has 4 aromatic rings. The maximum Gasteiger partial charge on any atom is 0.183 e. The molecule has 0 bridgehead atoms. The summed E-state index contributed by atoms with van der Waals surface area (Å²) in [4.78, 5) is 9.60. The maximum atomic E-state index is 4.94. The zero-order valence-electron chi connectivity index (χ0n) is 17.1. The summed E-state index contributed by atoms with van der Waals surface area (Å²) in [6.07, 6.45) is 1.93. The van der Waals surface area contributed by atoms with E-state index >= 15 is 0 Å². The van der Waals surface area contributed by atoms with Crippen LogP contribution in [0.15, 0.2) is 83.9 Å². The number of amidine groups is 1. The lowest BCUT2D eigenvalue weighted by atomic mass is 10.1. The summed E-state index contributed by atoms with van der Waals surface area (Å²) in [5, 5.41) is 9.07. The van der Waals surface area contributed by atoms with Crippen LogP contribution >= 0.6 is 23.1 Å². The van der Waals surface area contributed by atoms with Crippen LogP contribution in [-0.4, -0.2) is 28.5 Å². The van der Waals surface area contributed by atoms with Crippen LogP contribution in [0.3, 0.4) is 0 Å². The average molecular weight is 445 g/mol. The predicted octanol–water partition coefficient (Wildman–Crippen LogP) is 5.89. The van der Waals surface area contributed by atoms with Gasteiger partial charge in [-0.2, -0.15) is 0 Å². The molecule has 0 spiro atoms. The van der Waals surface area contributed by atoms with E-state index in [1.165, 1.54) is 15.8 Å². The van der Waals surface area contributed by atoms with E-state index in [9.17, 15) is 0 Å². The highest BCUT2D eigenvalue weighted by molar-refractivity contribution is 8.14. The van der Waals surface area contributed by atoms with Gasteiger partial charge in [0.05, 0.1) is 15.9 Å². The smallest absolute Gasteiger partial charge is 0.183 e. The highest BCUT2D eigenvalue weighted by Crippen LogP contribution is 2.27. The highest BCUT2D eigenvalue weighted by Gasteiger charge is 2.20. The van der Waals surface area contributed by atoms with E-state index in [2.05, 4.69) is 88.4 Å². The molecule has 6 heteroatoms. The average Bonchev–Trinajstić information content (AvgIpc) is 3.42. The second-order valence-corrected chi connectivity index (χ2v) is 9.59. The third kappa shape index (κ3) is 5.09. The number of hydrogen-bond acceptors (Lipinski definition) is 5. The summed E-state index contributed by atoms with van der Waals surface area (Å²) in [6, 6.07) is 27.7. The normalized spacial score (nSPS) is 17.2. The maximum absolute atomic E-state index is 4.94. The van der Waals surface area contributed by atoms with E-state index in [-0.39, 0.29) is 0 Å². The van der Waals surface area contributed by atoms with E-state index in [1.54, 1.807) is 11.3 Å². The number of fused-ring (bicyclic) bond motifs is 1. The van der Waals surface area contributed by atoms with Gasteiger partial charge in [-0.05, 0) is 42.2 Å². The molecule has 2 heterocycles. The Morgan fingerprint density at radius 1 is 0.968 bits per heavy atom. The molecule has 1 aliphatic rings. The number of rotatable bonds is 7. The third-order valence-corrected chi connectivity index (χ3v) is 7.30. The van der Waals surface area contributed by atoms with Crippen LogP contribution in [0.25, 0.3) is 10.2 Å². The quantitative estimate of drug-likeness (QED) is 0.373. The van der Waals surface area contributed by atoms with E-state index in [1.807, 2.05) is 17.8 Å². The lowest BCUT2D eigenvalue weighted by Crippen LogP contribution is -2.28. The molecule has 1 aliphatic heterocycles. The summed E-state index contributed by atoms with van der Waals surface area (Å²) in [5.74, 6) is 1.05. The minimum absolute atomic E-state index is 0.430. The summed E-state index contributed by atoms with van der Waals surface area (Å²) in [5.41, 5.74) is 4.71. The van der Waals surface area contributed by atoms with Crippen molar-refractivity contribution in [3.8, 4) is 0 Å². The Hall–Kier alpha value is -2.83. The Bertz CT molecular complexity index is 1150. The summed E-state index contributed by atoms with van der Waals surface area (Å²) >= 11 is 3.51. The number of thioether (sulfide) groups is 1. The van der Waals surface area contributed by atoms with Gasteiger partial charge in [0.2, 0.25) is 0 Å². The fraction of sp³-hybridized carbons (Fsp3) is 0.200. The number of aliphatic imine (C=N–C) groups is 1. The van der Waals surface area contributed by atoms with Crippen LogP contribution in [0.5, 0.6) is 0 Å². The number of benzene rings is 3. The number of anilines is 1. The number of nitrogens with one attached hydrogen (secondary N) is 2. The molecule has 0 saturated carbocycles. The molecule has 1 fully saturated rings. The summed E-state index contributed by atoms with van der Waals surface area (Å²) < 4.78 is 1.21. The van der Waals surface area contributed by atoms with Crippen molar-refractivity contribution in [1.82, 2.24) is 10.3 Å². The Morgan fingerprint density at radius 2 is 1.77 bits per heavy atom. The second-order valence-electron chi connectivity index (χ2n) is 7.55. The number of thiazole rings is 1. The molecule has 4 nitrogen and oxygen atoms in total. The molecule has 2 N–H and O–H groups in total. The highest BCUT2D eigenvalue weighted by atomic mass is 32.2. The first kappa shape index (κ1) is 20.1. The first-order valence-corrected chi connectivity index (χ1v) is 12.3. The van der Waals surface area contributed by atoms with Gasteiger partial charge < -0.3 is 10.6 Å².